The Kier molecular flexibility index (Phi) is 5.25. The topological polar surface area (TPSA) is 104 Å². The van der Waals surface area contributed by atoms with Crippen LogP contribution in [-0.4, -0.2) is 28.5 Å². The second-order valence-corrected chi connectivity index (χ2v) is 4.34. The smallest absolute Gasteiger partial charge is 0.296 e. The molecule has 19 heavy (non-hydrogen) atoms. The molecule has 0 bridgehead atoms. The zero-order chi connectivity index (χ0) is 14.4. The van der Waals surface area contributed by atoms with Crippen molar-refractivity contribution >= 4 is 17.3 Å². The van der Waals surface area contributed by atoms with Crippen LogP contribution >= 0.6 is 0 Å². The van der Waals surface area contributed by atoms with Gasteiger partial charge in [0.2, 0.25) is 5.91 Å². The van der Waals surface area contributed by atoms with E-state index in [-0.39, 0.29) is 29.6 Å². The van der Waals surface area contributed by atoms with E-state index in [0.29, 0.717) is 6.54 Å². The van der Waals surface area contributed by atoms with Crippen molar-refractivity contribution in [1.29, 1.82) is 0 Å². The molecule has 7 nitrogen and oxygen atoms in total. The Hall–Kier alpha value is -2.15. The maximum absolute atomic E-state index is 11.6. The van der Waals surface area contributed by atoms with Crippen LogP contribution in [0.25, 0.3) is 0 Å². The fourth-order valence-electron chi connectivity index (χ4n) is 1.48. The zero-order valence-corrected chi connectivity index (χ0v) is 10.8. The Morgan fingerprint density at radius 3 is 2.74 bits per heavy atom. The van der Waals surface area contributed by atoms with Crippen molar-refractivity contribution in [2.45, 2.75) is 26.3 Å². The third-order valence-electron chi connectivity index (χ3n) is 2.39. The molecule has 0 unspecified atom stereocenters. The molecule has 0 aromatic heterocycles. The third-order valence-corrected chi connectivity index (χ3v) is 2.39. The van der Waals surface area contributed by atoms with E-state index in [9.17, 15) is 20.0 Å². The van der Waals surface area contributed by atoms with Gasteiger partial charge >= 0.3 is 0 Å². The molecule has 0 spiro atoms. The van der Waals surface area contributed by atoms with Crippen molar-refractivity contribution < 1.29 is 14.8 Å². The molecular formula is C12H17N3O4. The molecular weight excluding hydrogens is 250 g/mol. The Morgan fingerprint density at radius 1 is 1.47 bits per heavy atom. The van der Waals surface area contributed by atoms with Gasteiger partial charge in [-0.25, -0.2) is 0 Å². The number of nitro benzene ring substituents is 1. The first-order valence-corrected chi connectivity index (χ1v) is 5.91. The number of para-hydroxylation sites is 1. The highest BCUT2D eigenvalue weighted by atomic mass is 16.6. The molecule has 0 atom stereocenters. The maximum atomic E-state index is 11.6. The highest BCUT2D eigenvalue weighted by Crippen LogP contribution is 2.32. The number of carbonyl (C=O) groups is 1. The van der Waals surface area contributed by atoms with Gasteiger partial charge in [-0.05, 0) is 6.07 Å². The number of benzene rings is 1. The summed E-state index contributed by atoms with van der Waals surface area (Å²) in [5, 5.41) is 25.8. The number of phenols is 1. The van der Waals surface area contributed by atoms with E-state index in [0.717, 1.165) is 0 Å². The molecule has 1 aromatic rings. The van der Waals surface area contributed by atoms with E-state index in [2.05, 4.69) is 10.6 Å². The fraction of sp³-hybridized carbons (Fsp3) is 0.417. The van der Waals surface area contributed by atoms with Crippen LogP contribution in [0.2, 0.25) is 0 Å². The lowest BCUT2D eigenvalue weighted by Crippen LogP contribution is -2.27. The van der Waals surface area contributed by atoms with Gasteiger partial charge < -0.3 is 15.7 Å². The number of aromatic hydroxyl groups is 1. The van der Waals surface area contributed by atoms with Crippen LogP contribution in [0.15, 0.2) is 18.2 Å². The molecule has 0 aliphatic carbocycles. The summed E-state index contributed by atoms with van der Waals surface area (Å²) in [6, 6.07) is 4.12. The van der Waals surface area contributed by atoms with Gasteiger partial charge in [0.25, 0.3) is 5.69 Å². The van der Waals surface area contributed by atoms with Crippen molar-refractivity contribution in [3.05, 3.63) is 28.3 Å². The van der Waals surface area contributed by atoms with Crippen LogP contribution in [0.3, 0.4) is 0 Å². The first kappa shape index (κ1) is 14.9. The number of nitrogens with zero attached hydrogens (tertiary/aromatic N) is 1. The lowest BCUT2D eigenvalue weighted by Gasteiger charge is -2.09. The molecule has 3 N–H and O–H groups in total. The Labute approximate surface area is 110 Å². The molecule has 104 valence electrons. The molecule has 0 fully saturated rings. The van der Waals surface area contributed by atoms with Crippen molar-refractivity contribution in [2.24, 2.45) is 0 Å². The Bertz CT molecular complexity index is 474. The summed E-state index contributed by atoms with van der Waals surface area (Å²) in [5.41, 5.74) is -0.493. The Balaban J connectivity index is 2.71. The van der Waals surface area contributed by atoms with Crippen LogP contribution in [0, 0.1) is 10.1 Å². The number of hydrogen-bond donors (Lipinski definition) is 3. The van der Waals surface area contributed by atoms with Crippen molar-refractivity contribution in [2.75, 3.05) is 11.9 Å². The van der Waals surface area contributed by atoms with Crippen molar-refractivity contribution in [3.8, 4) is 5.75 Å². The minimum atomic E-state index is -0.651. The van der Waals surface area contributed by atoms with Crippen LogP contribution in [0.5, 0.6) is 5.75 Å². The average Bonchev–Trinajstić information content (AvgIpc) is 2.30. The molecule has 1 amide bonds. The lowest BCUT2D eigenvalue weighted by atomic mass is 10.2. The van der Waals surface area contributed by atoms with Gasteiger partial charge in [-0.2, -0.15) is 0 Å². The van der Waals surface area contributed by atoms with Gasteiger partial charge in [-0.15, -0.1) is 0 Å². The van der Waals surface area contributed by atoms with Crippen LogP contribution < -0.4 is 10.6 Å². The fourth-order valence-corrected chi connectivity index (χ4v) is 1.48. The molecule has 0 aliphatic heterocycles. The number of anilines is 1. The predicted molar refractivity (Wildman–Crippen MR) is 71.1 cm³/mol. The average molecular weight is 267 g/mol. The highest BCUT2D eigenvalue weighted by Gasteiger charge is 2.19. The lowest BCUT2D eigenvalue weighted by molar-refractivity contribution is -0.384. The predicted octanol–water partition coefficient (Wildman–Crippen LogP) is 1.63. The van der Waals surface area contributed by atoms with Gasteiger partial charge in [-0.1, -0.05) is 19.9 Å². The third kappa shape index (κ3) is 4.55. The number of carbonyl (C=O) groups excluding carboxylic acids is 1. The second-order valence-electron chi connectivity index (χ2n) is 4.34. The number of nitrogens with one attached hydrogen (secondary N) is 2. The molecule has 0 radical (unpaired) electrons. The molecule has 0 heterocycles. The normalized spacial score (nSPS) is 10.5. The summed E-state index contributed by atoms with van der Waals surface area (Å²) in [6.45, 7) is 4.36. The summed E-state index contributed by atoms with van der Waals surface area (Å²) in [4.78, 5) is 21.8. The minimum absolute atomic E-state index is 0.165. The van der Waals surface area contributed by atoms with Crippen LogP contribution in [0.4, 0.5) is 11.4 Å². The quantitative estimate of drug-likeness (QED) is 0.413. The van der Waals surface area contributed by atoms with E-state index in [4.69, 9.17) is 0 Å². The van der Waals surface area contributed by atoms with Gasteiger partial charge in [0, 0.05) is 25.1 Å². The number of amides is 1. The van der Waals surface area contributed by atoms with E-state index in [1.165, 1.54) is 18.2 Å². The largest absolute Gasteiger partial charge is 0.505 e. The van der Waals surface area contributed by atoms with Gasteiger partial charge in [0.15, 0.2) is 5.69 Å². The highest BCUT2D eigenvalue weighted by molar-refractivity contribution is 5.95. The molecule has 0 saturated heterocycles. The first-order chi connectivity index (χ1) is 8.91. The monoisotopic (exact) mass is 267 g/mol. The van der Waals surface area contributed by atoms with E-state index in [1.807, 2.05) is 13.8 Å². The van der Waals surface area contributed by atoms with Crippen LogP contribution in [-0.2, 0) is 4.79 Å². The number of phenolic OH excluding ortho intramolecular Hbond substituents is 1. The van der Waals surface area contributed by atoms with Gasteiger partial charge in [-0.3, -0.25) is 14.9 Å². The molecule has 7 heteroatoms. The molecule has 1 aromatic carbocycles. The summed E-state index contributed by atoms with van der Waals surface area (Å²) in [7, 11) is 0. The molecule has 1 rings (SSSR count). The van der Waals surface area contributed by atoms with Gasteiger partial charge in [0.05, 0.1) is 4.92 Å². The number of rotatable bonds is 6. The summed E-state index contributed by atoms with van der Waals surface area (Å²) in [5.74, 6) is -0.711. The van der Waals surface area contributed by atoms with E-state index >= 15 is 0 Å². The second kappa shape index (κ2) is 6.69. The molecule has 0 saturated carbocycles. The van der Waals surface area contributed by atoms with E-state index in [1.54, 1.807) is 0 Å². The maximum Gasteiger partial charge on any atom is 0.296 e. The summed E-state index contributed by atoms with van der Waals surface area (Å²) in [6.07, 6.45) is 0.170. The Morgan fingerprint density at radius 2 is 2.16 bits per heavy atom. The standard InChI is InChI=1S/C12H17N3O4/c1-8(2)13-7-6-11(17)14-12-9(15(18)19)4-3-5-10(12)16/h3-5,8,13,16H,6-7H2,1-2H3,(H,14,17). The minimum Gasteiger partial charge on any atom is -0.505 e. The summed E-state index contributed by atoms with van der Waals surface area (Å²) >= 11 is 0. The summed E-state index contributed by atoms with van der Waals surface area (Å²) < 4.78 is 0. The number of hydrogen-bond acceptors (Lipinski definition) is 5. The van der Waals surface area contributed by atoms with Crippen molar-refractivity contribution in [1.82, 2.24) is 5.32 Å². The van der Waals surface area contributed by atoms with E-state index < -0.39 is 10.8 Å². The van der Waals surface area contributed by atoms with Crippen LogP contribution in [0.1, 0.15) is 20.3 Å². The molecule has 0 aliphatic rings. The van der Waals surface area contributed by atoms with Gasteiger partial charge in [0.1, 0.15) is 5.75 Å². The first-order valence-electron chi connectivity index (χ1n) is 5.91. The SMILES string of the molecule is CC(C)NCCC(=O)Nc1c(O)cccc1[N+](=O)[O-]. The number of nitro groups is 1. The van der Waals surface area contributed by atoms with Crippen molar-refractivity contribution in [3.63, 3.8) is 0 Å². The zero-order valence-electron chi connectivity index (χ0n) is 10.8.